The Labute approximate surface area is 655 Å². The molecule has 4 N–H and O–H groups in total. The van der Waals surface area contributed by atoms with Crippen molar-refractivity contribution in [2.45, 2.75) is 107 Å². The Kier molecular flexibility index (Phi) is 20.0. The molecule has 4 aliphatic rings. The first-order valence-electron chi connectivity index (χ1n) is 34.9. The van der Waals surface area contributed by atoms with Crippen molar-refractivity contribution >= 4 is 111 Å². The summed E-state index contributed by atoms with van der Waals surface area (Å²) in [5, 5.41) is 21.3. The Balaban J connectivity index is 0.000000182. The quantitative estimate of drug-likeness (QED) is 0.0432. The number of amides is 2. The molecule has 6 atom stereocenters. The molecule has 4 aromatic carbocycles. The van der Waals surface area contributed by atoms with Gasteiger partial charge in [-0.25, -0.2) is 66.9 Å². The van der Waals surface area contributed by atoms with Crippen molar-refractivity contribution in [3.63, 3.8) is 0 Å². The smallest absolute Gasteiger partial charge is 0.293 e. The molecule has 28 nitrogen and oxygen atoms in total. The lowest BCUT2D eigenvalue weighted by Gasteiger charge is -2.24. The van der Waals surface area contributed by atoms with Crippen molar-refractivity contribution in [1.29, 1.82) is 0 Å². The Bertz CT molecular complexity index is 6480. The van der Waals surface area contributed by atoms with E-state index in [-0.39, 0.29) is 141 Å². The van der Waals surface area contributed by atoms with E-state index in [1.807, 2.05) is 0 Å². The third kappa shape index (κ3) is 14.7. The molecule has 8 heterocycles. The number of carbonyl (C=O) groups is 2. The van der Waals surface area contributed by atoms with E-state index in [4.69, 9.17) is 32.7 Å². The van der Waals surface area contributed by atoms with Gasteiger partial charge in [-0.3, -0.25) is 56.5 Å². The zero-order chi connectivity index (χ0) is 83.3. The molecule has 16 rings (SSSR count). The van der Waals surface area contributed by atoms with E-state index >= 15 is 17.6 Å². The second kappa shape index (κ2) is 29.1. The second-order valence-electron chi connectivity index (χ2n) is 28.5. The van der Waals surface area contributed by atoms with Crippen molar-refractivity contribution in [1.82, 2.24) is 78.8 Å². The highest BCUT2D eigenvalue weighted by Gasteiger charge is 2.68. The van der Waals surface area contributed by atoms with Gasteiger partial charge >= 0.3 is 0 Å². The summed E-state index contributed by atoms with van der Waals surface area (Å²) in [6.45, 7) is 1.49. The van der Waals surface area contributed by atoms with Crippen LogP contribution >= 0.6 is 23.2 Å². The molecule has 0 saturated heterocycles. The topological polar surface area (TPSA) is 336 Å². The number of rotatable bonds is 23. The van der Waals surface area contributed by atoms with E-state index in [1.165, 1.54) is 79.2 Å². The van der Waals surface area contributed by atoms with E-state index in [1.54, 1.807) is 13.8 Å². The Morgan fingerprint density at radius 3 is 1.47 bits per heavy atom. The van der Waals surface area contributed by atoms with Gasteiger partial charge in [0.2, 0.25) is 37.7 Å². The average molecular weight is 1700 g/mol. The molecule has 44 heteroatoms. The fourth-order valence-electron chi connectivity index (χ4n) is 15.3. The minimum absolute atomic E-state index is 0.00484. The molecular formula is C72H60Cl2F12N18O10S2. The Morgan fingerprint density at radius 2 is 1.04 bits per heavy atom. The van der Waals surface area contributed by atoms with Crippen LogP contribution in [0.15, 0.2) is 94.6 Å². The first-order valence-corrected chi connectivity index (χ1v) is 39.5. The highest BCUT2D eigenvalue weighted by molar-refractivity contribution is 7.92. The minimum Gasteiger partial charge on any atom is -0.495 e. The van der Waals surface area contributed by atoms with Gasteiger partial charge in [0.25, 0.3) is 35.8 Å². The summed E-state index contributed by atoms with van der Waals surface area (Å²) in [6, 6.07) is 11.6. The van der Waals surface area contributed by atoms with E-state index in [0.717, 1.165) is 45.9 Å². The summed E-state index contributed by atoms with van der Waals surface area (Å²) in [5.74, 6) is -18.0. The molecule has 2 amide bonds. The lowest BCUT2D eigenvalue weighted by atomic mass is 10.0. The van der Waals surface area contributed by atoms with Gasteiger partial charge in [-0.2, -0.15) is 42.9 Å². The third-order valence-electron chi connectivity index (χ3n) is 19.9. The monoisotopic (exact) mass is 1700 g/mol. The number of carbonyl (C=O) groups excluding carboxylic acids is 2. The molecule has 2 saturated carbocycles. The van der Waals surface area contributed by atoms with Crippen LogP contribution in [0.4, 0.5) is 64.3 Å². The number of methoxy groups -OCH3 is 1. The Hall–Kier alpha value is -11.4. The van der Waals surface area contributed by atoms with Crippen molar-refractivity contribution in [3.8, 4) is 23.0 Å². The van der Waals surface area contributed by atoms with Gasteiger partial charge in [0, 0.05) is 74.2 Å². The van der Waals surface area contributed by atoms with E-state index < -0.39 is 175 Å². The van der Waals surface area contributed by atoms with Crippen LogP contribution in [0.5, 0.6) is 11.6 Å². The molecule has 0 aliphatic heterocycles. The molecule has 0 spiro atoms. The van der Waals surface area contributed by atoms with Crippen LogP contribution in [0.1, 0.15) is 120 Å². The number of alkyl halides is 8. The molecule has 116 heavy (non-hydrogen) atoms. The zero-order valence-corrected chi connectivity index (χ0v) is 64.1. The highest BCUT2D eigenvalue weighted by Crippen LogP contribution is 2.69. The number of nitrogens with zero attached hydrogens (tertiary/aromatic N) is 14. The van der Waals surface area contributed by atoms with E-state index in [9.17, 15) is 71.1 Å². The van der Waals surface area contributed by atoms with Crippen molar-refractivity contribution in [3.05, 3.63) is 196 Å². The molecule has 12 aromatic rings. The lowest BCUT2D eigenvalue weighted by molar-refractivity contribution is -0.123. The van der Waals surface area contributed by atoms with Gasteiger partial charge in [0.1, 0.15) is 82.0 Å². The molecule has 2 fully saturated rings. The number of fused-ring (bicyclic) bond motifs is 10. The first kappa shape index (κ1) is 79.8. The normalized spacial score (nSPS) is 17.5. The zero-order valence-electron chi connectivity index (χ0n) is 61.0. The predicted octanol–water partition coefficient (Wildman–Crippen LogP) is 11.6. The van der Waals surface area contributed by atoms with E-state index in [0.29, 0.717) is 21.5 Å². The van der Waals surface area contributed by atoms with Crippen LogP contribution in [0, 0.1) is 35.1 Å². The number of sulfonamides is 2. The number of hydrogen-bond donors (Lipinski definition) is 4. The summed E-state index contributed by atoms with van der Waals surface area (Å²) < 4.78 is 247. The van der Waals surface area contributed by atoms with Gasteiger partial charge in [-0.1, -0.05) is 23.2 Å². The fraction of sp³-hybridized carbons (Fsp3) is 0.333. The maximum absolute atomic E-state index is 15.4. The number of pyridine rings is 2. The summed E-state index contributed by atoms with van der Waals surface area (Å²) in [6.07, 6.45) is -4.71. The standard InChI is InChI=1S/C37H32ClF6N9O5S.C35H28ClF6N9O5S/c1-15(2)58-26-8-5-19-33(46-26)47-35(53(36(19)55)24-7-6-22(38)28-30(24)51(3)49-34(28)50-59(4,56)57)23(11-16-9-17(39)12-18(40)10-16)45-25(54)14-52-31-27(29(48-52)32(41)42)20-13-21(20)37(31,43)44;1-49-29-23(5-4-20(36)26(29)32(47-49)48-57(3,54)55)51-33(45-21-10-17(56-2)12-43-27(21)34(51)53)22(8-14-6-15(37)9-16(38)7-14)44-24(52)13-50-30-25(28(46-50)31(39)40)18-11-19(18)35(30,41)42/h5-10,12,15,20-21,23,32H,11,13-14H2,1-4H3,(H,45,54)(H,49,50);4-7,9-10,12,18-19,22,31H,8,11,13H2,1-3H3,(H,44,52)(H,47,48)/t20-,21+,23-;18-,19+,22-/m00/s1. The van der Waals surface area contributed by atoms with Gasteiger partial charge in [0.05, 0.1) is 92.6 Å². The number of benzene rings is 4. The van der Waals surface area contributed by atoms with Crippen LogP contribution in [-0.2, 0) is 81.5 Å². The number of halogens is 14. The molecule has 8 aromatic heterocycles. The predicted molar refractivity (Wildman–Crippen MR) is 394 cm³/mol. The summed E-state index contributed by atoms with van der Waals surface area (Å²) in [7, 11) is -3.60. The molecule has 4 aliphatic carbocycles. The number of aryl methyl sites for hydroxylation is 2. The first-order chi connectivity index (χ1) is 54.6. The van der Waals surface area contributed by atoms with Gasteiger partial charge in [0.15, 0.2) is 22.8 Å². The average Bonchev–Trinajstić information content (AvgIpc) is 1.52. The minimum atomic E-state index is -3.91. The van der Waals surface area contributed by atoms with Crippen LogP contribution in [0.2, 0.25) is 10.0 Å². The molecule has 0 bridgehead atoms. The number of hydrogen-bond acceptors (Lipinski definition) is 18. The van der Waals surface area contributed by atoms with Crippen LogP contribution in [-0.4, -0.2) is 123 Å². The molecule has 0 radical (unpaired) electrons. The maximum Gasteiger partial charge on any atom is 0.293 e. The molecular weight excluding hydrogens is 1640 g/mol. The number of aromatic nitrogens is 14. The number of ether oxygens (including phenoxy) is 2. The van der Waals surface area contributed by atoms with Gasteiger partial charge in [-0.15, -0.1) is 0 Å². The largest absolute Gasteiger partial charge is 0.495 e. The summed E-state index contributed by atoms with van der Waals surface area (Å²) in [4.78, 5) is 75.3. The SMILES string of the molecule is CC(C)Oc1ccc2c(=O)n(-c3ccc(Cl)c4c(NS(C)(=O)=O)nn(C)c34)c([C@H](Cc3cc(F)cc(F)c3)NC(=O)Cn3nc(C(F)F)c4c3C(F)(F)[C@@H]3C[C@H]43)nc2n1.COc1cnc2c(=O)n(-c3ccc(Cl)c4c(NS(C)(=O)=O)nn(C)c34)c([C@H](Cc3cc(F)cc(F)c3)NC(=O)Cn3nc(C(F)F)c4c3C(F)(F)[C@@H]3C[C@H]43)nc2c1. The second-order valence-corrected chi connectivity index (χ2v) is 32.8. The third-order valence-corrected chi connectivity index (χ3v) is 21.6. The highest BCUT2D eigenvalue weighted by atomic mass is 35.5. The van der Waals surface area contributed by atoms with Crippen molar-refractivity contribution in [2.24, 2.45) is 25.9 Å². The molecule has 0 unspecified atom stereocenters. The van der Waals surface area contributed by atoms with Gasteiger partial charge in [-0.05, 0) is 104 Å². The van der Waals surface area contributed by atoms with Gasteiger partial charge < -0.3 is 20.1 Å². The lowest BCUT2D eigenvalue weighted by Crippen LogP contribution is -2.38. The fourth-order valence-corrected chi connectivity index (χ4v) is 16.8. The van der Waals surface area contributed by atoms with Crippen LogP contribution < -0.4 is 40.7 Å². The number of nitrogens with one attached hydrogen (secondary N) is 4. The maximum atomic E-state index is 15.4. The van der Waals surface area contributed by atoms with Crippen molar-refractivity contribution < 1.29 is 88.6 Å². The van der Waals surface area contributed by atoms with Crippen molar-refractivity contribution in [2.75, 3.05) is 29.1 Å². The van der Waals surface area contributed by atoms with Crippen LogP contribution in [0.3, 0.4) is 0 Å². The summed E-state index contributed by atoms with van der Waals surface area (Å²) >= 11 is 13.1. The van der Waals surface area contributed by atoms with E-state index in [2.05, 4.69) is 60.4 Å². The molecule has 608 valence electrons. The summed E-state index contributed by atoms with van der Waals surface area (Å²) in [5.41, 5.74) is -5.95. The Morgan fingerprint density at radius 1 is 0.603 bits per heavy atom. The van der Waals surface area contributed by atoms with Crippen LogP contribution in [0.25, 0.3) is 55.2 Å². The number of anilines is 2.